The van der Waals surface area contributed by atoms with Crippen molar-refractivity contribution in [2.75, 3.05) is 7.05 Å². The molecule has 0 spiro atoms. The van der Waals surface area contributed by atoms with Crippen LogP contribution in [0.25, 0.3) is 0 Å². The van der Waals surface area contributed by atoms with E-state index < -0.39 is 11.6 Å². The molecule has 1 aromatic carbocycles. The van der Waals surface area contributed by atoms with Crippen molar-refractivity contribution in [3.8, 4) is 0 Å². The zero-order chi connectivity index (χ0) is 14.1. The van der Waals surface area contributed by atoms with Gasteiger partial charge in [-0.2, -0.15) is 0 Å². The first kappa shape index (κ1) is 12.8. The number of carbonyl (C=O) groups excluding carboxylic acids is 2. The van der Waals surface area contributed by atoms with Crippen molar-refractivity contribution in [1.82, 2.24) is 5.43 Å². The van der Waals surface area contributed by atoms with Crippen LogP contribution < -0.4 is 10.3 Å². The highest BCUT2D eigenvalue weighted by molar-refractivity contribution is 8.13. The van der Waals surface area contributed by atoms with Crippen LogP contribution in [0.3, 0.4) is 0 Å². The van der Waals surface area contributed by atoms with E-state index in [1.54, 1.807) is 17.8 Å². The number of nitrogens with one attached hydrogen (secondary N) is 2. The summed E-state index contributed by atoms with van der Waals surface area (Å²) in [5.41, 5.74) is 4.53. The molecule has 2 N–H and O–H groups in total. The SMILES string of the molecule is C[NH+]1/C(=N\NC2=CC(=O)C(=O)C=C2)Sc2ccccc21. The molecule has 1 aliphatic heterocycles. The third-order valence-corrected chi connectivity index (χ3v) is 4.22. The van der Waals surface area contributed by atoms with Gasteiger partial charge in [-0.1, -0.05) is 12.1 Å². The van der Waals surface area contributed by atoms with Gasteiger partial charge < -0.3 is 0 Å². The normalized spacial score (nSPS) is 22.9. The van der Waals surface area contributed by atoms with E-state index in [0.717, 1.165) is 10.1 Å². The Hall–Kier alpha value is -2.18. The molecule has 6 heteroatoms. The lowest BCUT2D eigenvalue weighted by Crippen LogP contribution is -3.05. The minimum absolute atomic E-state index is 0.506. The van der Waals surface area contributed by atoms with Crippen molar-refractivity contribution in [2.45, 2.75) is 4.90 Å². The molecule has 1 unspecified atom stereocenters. The average molecular weight is 286 g/mol. The van der Waals surface area contributed by atoms with Crippen LogP contribution in [0, 0.1) is 0 Å². The van der Waals surface area contributed by atoms with Gasteiger partial charge in [-0.3, -0.25) is 15.0 Å². The van der Waals surface area contributed by atoms with Gasteiger partial charge in [0.25, 0.3) is 5.17 Å². The molecule has 1 atom stereocenters. The number of hydrogen-bond acceptors (Lipinski definition) is 5. The van der Waals surface area contributed by atoms with Gasteiger partial charge in [-0.15, -0.1) is 5.10 Å². The lowest BCUT2D eigenvalue weighted by Gasteiger charge is -2.07. The third-order valence-electron chi connectivity index (χ3n) is 3.05. The molecule has 0 radical (unpaired) electrons. The maximum atomic E-state index is 11.3. The third kappa shape index (κ3) is 2.31. The predicted octanol–water partition coefficient (Wildman–Crippen LogP) is 0.391. The Morgan fingerprint density at radius 1 is 1.15 bits per heavy atom. The first-order valence-corrected chi connectivity index (χ1v) is 6.90. The molecular weight excluding hydrogens is 274 g/mol. The van der Waals surface area contributed by atoms with Crippen molar-refractivity contribution in [3.05, 3.63) is 48.2 Å². The van der Waals surface area contributed by atoms with Crippen LogP contribution in [0.5, 0.6) is 0 Å². The molecule has 20 heavy (non-hydrogen) atoms. The van der Waals surface area contributed by atoms with Crippen molar-refractivity contribution in [3.63, 3.8) is 0 Å². The number of quaternary nitrogens is 1. The van der Waals surface area contributed by atoms with Gasteiger partial charge in [0, 0.05) is 12.1 Å². The summed E-state index contributed by atoms with van der Waals surface area (Å²) in [6, 6.07) is 8.10. The summed E-state index contributed by atoms with van der Waals surface area (Å²) in [5, 5.41) is 5.18. The summed E-state index contributed by atoms with van der Waals surface area (Å²) in [6.07, 6.45) is 4.06. The van der Waals surface area contributed by atoms with E-state index in [-0.39, 0.29) is 0 Å². The molecule has 0 aromatic heterocycles. The number of para-hydroxylation sites is 1. The number of thioether (sulfide) groups is 1. The number of benzene rings is 1. The molecule has 0 amide bonds. The molecule has 1 aromatic rings. The Morgan fingerprint density at radius 2 is 1.95 bits per heavy atom. The first-order chi connectivity index (χ1) is 9.65. The van der Waals surface area contributed by atoms with Crippen LogP contribution in [0.1, 0.15) is 0 Å². The van der Waals surface area contributed by atoms with Crippen molar-refractivity contribution >= 4 is 34.2 Å². The Balaban J connectivity index is 1.76. The summed E-state index contributed by atoms with van der Waals surface area (Å²) in [5.74, 6) is -1.04. The number of hydrazone groups is 1. The summed E-state index contributed by atoms with van der Waals surface area (Å²) in [4.78, 5) is 24.6. The van der Waals surface area contributed by atoms with Gasteiger partial charge in [-0.05, 0) is 30.0 Å². The quantitative estimate of drug-likeness (QED) is 0.469. The minimum atomic E-state index is -0.529. The van der Waals surface area contributed by atoms with Crippen LogP contribution >= 0.6 is 11.8 Å². The molecule has 0 bridgehead atoms. The number of fused-ring (bicyclic) bond motifs is 1. The van der Waals surface area contributed by atoms with E-state index in [2.05, 4.69) is 16.6 Å². The fraction of sp³-hybridized carbons (Fsp3) is 0.0714. The van der Waals surface area contributed by atoms with Gasteiger partial charge in [0.2, 0.25) is 11.6 Å². The van der Waals surface area contributed by atoms with Gasteiger partial charge in [0.15, 0.2) is 5.69 Å². The second-order valence-corrected chi connectivity index (χ2v) is 5.44. The fourth-order valence-electron chi connectivity index (χ4n) is 1.96. The monoisotopic (exact) mass is 286 g/mol. The fourth-order valence-corrected chi connectivity index (χ4v) is 3.00. The van der Waals surface area contributed by atoms with Crippen LogP contribution in [-0.4, -0.2) is 23.8 Å². The largest absolute Gasteiger partial charge is 0.288 e. The molecule has 100 valence electrons. The first-order valence-electron chi connectivity index (χ1n) is 6.08. The van der Waals surface area contributed by atoms with Crippen molar-refractivity contribution in [1.29, 1.82) is 0 Å². The second-order valence-electron chi connectivity index (χ2n) is 4.41. The average Bonchev–Trinajstić information content (AvgIpc) is 2.77. The summed E-state index contributed by atoms with van der Waals surface area (Å²) in [7, 11) is 2.01. The standard InChI is InChI=1S/C14H11N3O2S/c1-17-10-4-2-3-5-13(10)20-14(17)16-15-9-6-7-11(18)12(19)8-9/h2-8,15H,1H3/p+1/b16-14+. The molecule has 1 heterocycles. The molecule has 2 aliphatic rings. The summed E-state index contributed by atoms with van der Waals surface area (Å²) in [6.45, 7) is 0. The Bertz CT molecular complexity index is 691. The maximum Gasteiger partial charge on any atom is 0.288 e. The van der Waals surface area contributed by atoms with E-state index in [1.165, 1.54) is 22.7 Å². The number of rotatable bonds is 2. The van der Waals surface area contributed by atoms with E-state index in [4.69, 9.17) is 0 Å². The number of amidine groups is 1. The zero-order valence-corrected chi connectivity index (χ0v) is 11.5. The molecule has 0 saturated heterocycles. The molecule has 0 fully saturated rings. The van der Waals surface area contributed by atoms with E-state index in [9.17, 15) is 9.59 Å². The van der Waals surface area contributed by atoms with Gasteiger partial charge >= 0.3 is 0 Å². The Kier molecular flexibility index (Phi) is 3.25. The Morgan fingerprint density at radius 3 is 2.70 bits per heavy atom. The highest BCUT2D eigenvalue weighted by Crippen LogP contribution is 2.29. The molecule has 5 nitrogen and oxygen atoms in total. The van der Waals surface area contributed by atoms with Crippen LogP contribution in [0.4, 0.5) is 5.69 Å². The van der Waals surface area contributed by atoms with Gasteiger partial charge in [0.05, 0.1) is 17.6 Å². The van der Waals surface area contributed by atoms with Crippen LogP contribution in [0.2, 0.25) is 0 Å². The molecule has 0 saturated carbocycles. The van der Waals surface area contributed by atoms with E-state index in [0.29, 0.717) is 5.70 Å². The highest BCUT2D eigenvalue weighted by atomic mass is 32.2. The molecular formula is C14H12N3O2S+. The maximum absolute atomic E-state index is 11.3. The van der Waals surface area contributed by atoms with Crippen molar-refractivity contribution in [2.24, 2.45) is 5.10 Å². The summed E-state index contributed by atoms with van der Waals surface area (Å²) >= 11 is 1.58. The number of ketones is 2. The number of carbonyl (C=O) groups is 2. The predicted molar refractivity (Wildman–Crippen MR) is 76.7 cm³/mol. The van der Waals surface area contributed by atoms with Gasteiger partial charge in [-0.25, -0.2) is 4.90 Å². The lowest BCUT2D eigenvalue weighted by molar-refractivity contribution is -0.700. The minimum Gasteiger partial charge on any atom is -0.286 e. The van der Waals surface area contributed by atoms with Crippen LogP contribution in [-0.2, 0) is 9.59 Å². The smallest absolute Gasteiger partial charge is 0.286 e. The number of allylic oxidation sites excluding steroid dienone is 3. The van der Waals surface area contributed by atoms with Crippen LogP contribution in [0.15, 0.2) is 58.2 Å². The number of nitrogens with zero attached hydrogens (tertiary/aromatic N) is 1. The topological polar surface area (TPSA) is 63.0 Å². The molecule has 3 rings (SSSR count). The van der Waals surface area contributed by atoms with Crippen molar-refractivity contribution < 1.29 is 14.5 Å². The van der Waals surface area contributed by atoms with Gasteiger partial charge in [0.1, 0.15) is 0 Å². The highest BCUT2D eigenvalue weighted by Gasteiger charge is 2.29. The molecule has 1 aliphatic carbocycles. The second kappa shape index (κ2) is 5.07. The Labute approximate surface area is 120 Å². The zero-order valence-electron chi connectivity index (χ0n) is 10.7. The lowest BCUT2D eigenvalue weighted by atomic mass is 10.1. The summed E-state index contributed by atoms with van der Waals surface area (Å²) < 4.78 is 0. The van der Waals surface area contributed by atoms with E-state index >= 15 is 0 Å². The number of hydrogen-bond donors (Lipinski definition) is 2. The van der Waals surface area contributed by atoms with E-state index in [1.807, 2.05) is 25.2 Å².